The van der Waals surface area contributed by atoms with Crippen molar-refractivity contribution >= 4 is 18.3 Å². The quantitative estimate of drug-likeness (QED) is 0.848. The van der Waals surface area contributed by atoms with Crippen LogP contribution in [0.4, 0.5) is 4.39 Å². The van der Waals surface area contributed by atoms with Crippen LogP contribution in [0.15, 0.2) is 18.2 Å². The first-order valence-corrected chi connectivity index (χ1v) is 5.87. The molecular weight excluding hydrogens is 255 g/mol. The zero-order chi connectivity index (χ0) is 12.4. The Hall–Kier alpha value is -1.13. The molecule has 1 aromatic rings. The highest BCUT2D eigenvalue weighted by Crippen LogP contribution is 2.15. The predicted molar refractivity (Wildman–Crippen MR) is 71.8 cm³/mol. The van der Waals surface area contributed by atoms with E-state index in [4.69, 9.17) is 0 Å². The Morgan fingerprint density at radius 2 is 2.22 bits per heavy atom. The molecule has 1 amide bonds. The zero-order valence-electron chi connectivity index (χ0n) is 10.6. The van der Waals surface area contributed by atoms with Gasteiger partial charge in [-0.1, -0.05) is 12.1 Å². The van der Waals surface area contributed by atoms with Crippen molar-refractivity contribution in [2.45, 2.75) is 19.9 Å². The molecule has 100 valence electrons. The monoisotopic (exact) mass is 272 g/mol. The molecule has 1 N–H and O–H groups in total. The number of amides is 1. The SMILES string of the molecule is Cc1cccc(C(=O)N2CCNC(C)C2)c1F.Cl. The van der Waals surface area contributed by atoms with E-state index in [1.165, 1.54) is 0 Å². The van der Waals surface area contributed by atoms with Gasteiger partial charge in [0.15, 0.2) is 0 Å². The summed E-state index contributed by atoms with van der Waals surface area (Å²) in [5, 5.41) is 3.26. The average molecular weight is 273 g/mol. The maximum atomic E-state index is 13.8. The number of nitrogens with one attached hydrogen (secondary N) is 1. The number of carbonyl (C=O) groups excluding carboxylic acids is 1. The van der Waals surface area contributed by atoms with Crippen LogP contribution in [0.3, 0.4) is 0 Å². The van der Waals surface area contributed by atoms with Gasteiger partial charge in [0.1, 0.15) is 5.82 Å². The van der Waals surface area contributed by atoms with Crippen LogP contribution < -0.4 is 5.32 Å². The lowest BCUT2D eigenvalue weighted by atomic mass is 10.1. The molecule has 2 rings (SSSR count). The summed E-state index contributed by atoms with van der Waals surface area (Å²) < 4.78 is 13.8. The lowest BCUT2D eigenvalue weighted by molar-refractivity contribution is 0.0704. The maximum Gasteiger partial charge on any atom is 0.256 e. The first-order valence-electron chi connectivity index (χ1n) is 5.87. The van der Waals surface area contributed by atoms with Crippen molar-refractivity contribution in [3.63, 3.8) is 0 Å². The third kappa shape index (κ3) is 3.00. The van der Waals surface area contributed by atoms with E-state index in [-0.39, 0.29) is 29.9 Å². The third-order valence-corrected chi connectivity index (χ3v) is 3.08. The summed E-state index contributed by atoms with van der Waals surface area (Å²) >= 11 is 0. The second-order valence-corrected chi connectivity index (χ2v) is 4.54. The molecule has 18 heavy (non-hydrogen) atoms. The van der Waals surface area contributed by atoms with E-state index in [0.29, 0.717) is 18.7 Å². The Morgan fingerprint density at radius 3 is 2.89 bits per heavy atom. The minimum absolute atomic E-state index is 0. The minimum Gasteiger partial charge on any atom is -0.336 e. The van der Waals surface area contributed by atoms with Gasteiger partial charge < -0.3 is 10.2 Å². The lowest BCUT2D eigenvalue weighted by Gasteiger charge is -2.32. The topological polar surface area (TPSA) is 32.3 Å². The Kier molecular flexibility index (Phi) is 5.11. The van der Waals surface area contributed by atoms with Gasteiger partial charge in [-0.05, 0) is 25.5 Å². The third-order valence-electron chi connectivity index (χ3n) is 3.08. The standard InChI is InChI=1S/C13H17FN2O.ClH/c1-9-4-3-5-11(12(9)14)13(17)16-7-6-15-10(2)8-16;/h3-5,10,15H,6-8H2,1-2H3;1H. The molecule has 1 aliphatic rings. The molecule has 1 atom stereocenters. The molecule has 0 radical (unpaired) electrons. The molecule has 0 saturated carbocycles. The molecule has 0 aromatic heterocycles. The fourth-order valence-corrected chi connectivity index (χ4v) is 2.10. The van der Waals surface area contributed by atoms with Crippen LogP contribution in [0.2, 0.25) is 0 Å². The molecular formula is C13H18ClFN2O. The summed E-state index contributed by atoms with van der Waals surface area (Å²) in [4.78, 5) is 13.9. The van der Waals surface area contributed by atoms with E-state index >= 15 is 0 Å². The number of piperazine rings is 1. The molecule has 1 aromatic carbocycles. The molecule has 0 aliphatic carbocycles. The normalized spacial score (nSPS) is 19.3. The Bertz CT molecular complexity index is 439. The summed E-state index contributed by atoms with van der Waals surface area (Å²) in [5.41, 5.74) is 0.693. The van der Waals surface area contributed by atoms with Crippen LogP contribution in [-0.4, -0.2) is 36.5 Å². The fraction of sp³-hybridized carbons (Fsp3) is 0.462. The number of nitrogens with zero attached hydrogens (tertiary/aromatic N) is 1. The van der Waals surface area contributed by atoms with Crippen molar-refractivity contribution in [3.8, 4) is 0 Å². The predicted octanol–water partition coefficient (Wildman–Crippen LogP) is 1.99. The van der Waals surface area contributed by atoms with E-state index in [1.807, 2.05) is 6.92 Å². The van der Waals surface area contributed by atoms with Crippen molar-refractivity contribution in [2.24, 2.45) is 0 Å². The van der Waals surface area contributed by atoms with E-state index in [2.05, 4.69) is 5.32 Å². The highest BCUT2D eigenvalue weighted by atomic mass is 35.5. The van der Waals surface area contributed by atoms with E-state index in [0.717, 1.165) is 6.54 Å². The maximum absolute atomic E-state index is 13.8. The number of hydrogen-bond donors (Lipinski definition) is 1. The molecule has 1 heterocycles. The summed E-state index contributed by atoms with van der Waals surface area (Å²) in [6, 6.07) is 5.21. The number of carbonyl (C=O) groups is 1. The Morgan fingerprint density at radius 1 is 1.50 bits per heavy atom. The number of rotatable bonds is 1. The van der Waals surface area contributed by atoms with Crippen LogP contribution in [0, 0.1) is 12.7 Å². The highest BCUT2D eigenvalue weighted by Gasteiger charge is 2.23. The largest absolute Gasteiger partial charge is 0.336 e. The van der Waals surface area contributed by atoms with Crippen LogP contribution >= 0.6 is 12.4 Å². The number of hydrogen-bond acceptors (Lipinski definition) is 2. The summed E-state index contributed by atoms with van der Waals surface area (Å²) in [5.74, 6) is -0.608. The average Bonchev–Trinajstić information content (AvgIpc) is 2.32. The molecule has 5 heteroatoms. The van der Waals surface area contributed by atoms with Gasteiger partial charge in [-0.2, -0.15) is 0 Å². The van der Waals surface area contributed by atoms with Gasteiger partial charge in [0.05, 0.1) is 5.56 Å². The fourth-order valence-electron chi connectivity index (χ4n) is 2.10. The number of halogens is 2. The Balaban J connectivity index is 0.00000162. The second-order valence-electron chi connectivity index (χ2n) is 4.54. The summed E-state index contributed by atoms with van der Waals surface area (Å²) in [6.45, 7) is 5.72. The van der Waals surface area contributed by atoms with Gasteiger partial charge in [-0.25, -0.2) is 4.39 Å². The minimum atomic E-state index is -0.399. The van der Waals surface area contributed by atoms with Crippen molar-refractivity contribution in [2.75, 3.05) is 19.6 Å². The van der Waals surface area contributed by atoms with Crippen molar-refractivity contribution < 1.29 is 9.18 Å². The Labute approximate surface area is 113 Å². The first kappa shape index (κ1) is 14.9. The molecule has 3 nitrogen and oxygen atoms in total. The van der Waals surface area contributed by atoms with Crippen LogP contribution in [0.25, 0.3) is 0 Å². The van der Waals surface area contributed by atoms with E-state index in [1.54, 1.807) is 30.0 Å². The molecule has 1 aliphatic heterocycles. The second kappa shape index (κ2) is 6.16. The van der Waals surface area contributed by atoms with Crippen molar-refractivity contribution in [1.29, 1.82) is 0 Å². The van der Waals surface area contributed by atoms with Gasteiger partial charge in [0.2, 0.25) is 0 Å². The van der Waals surface area contributed by atoms with Crippen LogP contribution in [0.5, 0.6) is 0 Å². The van der Waals surface area contributed by atoms with Crippen LogP contribution in [-0.2, 0) is 0 Å². The van der Waals surface area contributed by atoms with Gasteiger partial charge in [-0.3, -0.25) is 4.79 Å². The first-order chi connectivity index (χ1) is 8.09. The van der Waals surface area contributed by atoms with Crippen LogP contribution in [0.1, 0.15) is 22.8 Å². The lowest BCUT2D eigenvalue weighted by Crippen LogP contribution is -2.51. The smallest absolute Gasteiger partial charge is 0.256 e. The molecule has 1 saturated heterocycles. The highest BCUT2D eigenvalue weighted by molar-refractivity contribution is 5.94. The van der Waals surface area contributed by atoms with E-state index in [9.17, 15) is 9.18 Å². The van der Waals surface area contributed by atoms with Gasteiger partial charge in [0, 0.05) is 25.7 Å². The molecule has 0 spiro atoms. The van der Waals surface area contributed by atoms with Gasteiger partial charge in [0.25, 0.3) is 5.91 Å². The van der Waals surface area contributed by atoms with Gasteiger partial charge in [-0.15, -0.1) is 12.4 Å². The van der Waals surface area contributed by atoms with Gasteiger partial charge >= 0.3 is 0 Å². The molecule has 0 bridgehead atoms. The van der Waals surface area contributed by atoms with Crippen molar-refractivity contribution in [3.05, 3.63) is 35.1 Å². The van der Waals surface area contributed by atoms with E-state index < -0.39 is 5.82 Å². The number of aryl methyl sites for hydroxylation is 1. The zero-order valence-corrected chi connectivity index (χ0v) is 11.4. The summed E-state index contributed by atoms with van der Waals surface area (Å²) in [6.07, 6.45) is 0. The summed E-state index contributed by atoms with van der Waals surface area (Å²) in [7, 11) is 0. The van der Waals surface area contributed by atoms with Crippen molar-refractivity contribution in [1.82, 2.24) is 10.2 Å². The molecule has 1 fully saturated rings. The molecule has 1 unspecified atom stereocenters. The number of benzene rings is 1.